The molecule has 4 heteroatoms. The molecule has 1 atom stereocenters. The number of nitrogens with one attached hydrogen (secondary N) is 1. The Hall–Kier alpha value is -1.29. The van der Waals surface area contributed by atoms with Crippen LogP contribution in [-0.4, -0.2) is 38.3 Å². The Bertz CT molecular complexity index is 347. The smallest absolute Gasteiger partial charge is 0.128 e. The average molecular weight is 249 g/mol. The monoisotopic (exact) mass is 249 g/mol. The van der Waals surface area contributed by atoms with E-state index in [-0.39, 0.29) is 0 Å². The maximum atomic E-state index is 5.12. The van der Waals surface area contributed by atoms with Crippen LogP contribution in [0.4, 0.5) is 11.5 Å². The molecule has 1 N–H and O–H groups in total. The van der Waals surface area contributed by atoms with Crippen molar-refractivity contribution in [3.05, 3.63) is 18.3 Å². The lowest BCUT2D eigenvalue weighted by atomic mass is 10.2. The molecule has 0 radical (unpaired) electrons. The van der Waals surface area contributed by atoms with Gasteiger partial charge in [0.25, 0.3) is 0 Å². The Morgan fingerprint density at radius 3 is 2.78 bits per heavy atom. The SMILES string of the molecule is COCC(C)CNc1ccc(N2CCCC2)nc1. The normalized spacial score (nSPS) is 16.9. The third-order valence-electron chi connectivity index (χ3n) is 3.28. The van der Waals surface area contributed by atoms with E-state index >= 15 is 0 Å². The van der Waals surface area contributed by atoms with E-state index < -0.39 is 0 Å². The van der Waals surface area contributed by atoms with Gasteiger partial charge in [-0.1, -0.05) is 6.92 Å². The zero-order valence-corrected chi connectivity index (χ0v) is 11.4. The molecule has 2 rings (SSSR count). The fraction of sp³-hybridized carbons (Fsp3) is 0.643. The molecule has 1 aromatic heterocycles. The number of methoxy groups -OCH3 is 1. The van der Waals surface area contributed by atoms with Crippen LogP contribution >= 0.6 is 0 Å². The molecule has 100 valence electrons. The lowest BCUT2D eigenvalue weighted by molar-refractivity contribution is 0.164. The first-order chi connectivity index (χ1) is 8.79. The Morgan fingerprint density at radius 2 is 2.17 bits per heavy atom. The highest BCUT2D eigenvalue weighted by molar-refractivity contribution is 5.48. The van der Waals surface area contributed by atoms with Crippen molar-refractivity contribution in [1.82, 2.24) is 4.98 Å². The molecule has 0 aliphatic carbocycles. The molecular weight excluding hydrogens is 226 g/mol. The second-order valence-corrected chi connectivity index (χ2v) is 5.04. The molecule has 1 aliphatic rings. The Morgan fingerprint density at radius 1 is 1.39 bits per heavy atom. The molecule has 1 aliphatic heterocycles. The molecule has 18 heavy (non-hydrogen) atoms. The van der Waals surface area contributed by atoms with Crippen LogP contribution in [0.15, 0.2) is 18.3 Å². The van der Waals surface area contributed by atoms with Crippen LogP contribution in [0.5, 0.6) is 0 Å². The number of rotatable bonds is 6. The van der Waals surface area contributed by atoms with Crippen molar-refractivity contribution in [2.45, 2.75) is 19.8 Å². The first-order valence-corrected chi connectivity index (χ1v) is 6.73. The highest BCUT2D eigenvalue weighted by Crippen LogP contribution is 2.19. The summed E-state index contributed by atoms with van der Waals surface area (Å²) < 4.78 is 5.12. The Labute approximate surface area is 109 Å². The minimum atomic E-state index is 0.508. The molecule has 1 aromatic rings. The van der Waals surface area contributed by atoms with Gasteiger partial charge in [0.1, 0.15) is 5.82 Å². The number of ether oxygens (including phenoxy) is 1. The fourth-order valence-electron chi connectivity index (χ4n) is 2.26. The first kappa shape index (κ1) is 13.1. The van der Waals surface area contributed by atoms with Crippen molar-refractivity contribution in [2.24, 2.45) is 5.92 Å². The van der Waals surface area contributed by atoms with E-state index in [1.165, 1.54) is 12.8 Å². The third kappa shape index (κ3) is 3.60. The van der Waals surface area contributed by atoms with E-state index in [9.17, 15) is 0 Å². The summed E-state index contributed by atoms with van der Waals surface area (Å²) in [5, 5.41) is 3.39. The standard InChI is InChI=1S/C14H23N3O/c1-12(11-18-2)9-15-13-5-6-14(16-10-13)17-7-3-4-8-17/h5-6,10,12,15H,3-4,7-9,11H2,1-2H3. The van der Waals surface area contributed by atoms with Crippen molar-refractivity contribution in [1.29, 1.82) is 0 Å². The van der Waals surface area contributed by atoms with Gasteiger partial charge in [-0.15, -0.1) is 0 Å². The van der Waals surface area contributed by atoms with E-state index in [4.69, 9.17) is 4.74 Å². The average Bonchev–Trinajstić information content (AvgIpc) is 2.91. The summed E-state index contributed by atoms with van der Waals surface area (Å²) >= 11 is 0. The van der Waals surface area contributed by atoms with Crippen LogP contribution in [0.25, 0.3) is 0 Å². The topological polar surface area (TPSA) is 37.4 Å². The number of nitrogens with zero attached hydrogens (tertiary/aromatic N) is 2. The second-order valence-electron chi connectivity index (χ2n) is 5.04. The van der Waals surface area contributed by atoms with Crippen molar-refractivity contribution in [3.63, 3.8) is 0 Å². The fourth-order valence-corrected chi connectivity index (χ4v) is 2.26. The summed E-state index contributed by atoms with van der Waals surface area (Å²) in [6.07, 6.45) is 4.50. The summed E-state index contributed by atoms with van der Waals surface area (Å²) in [7, 11) is 1.74. The van der Waals surface area contributed by atoms with E-state index in [0.29, 0.717) is 5.92 Å². The van der Waals surface area contributed by atoms with Gasteiger partial charge in [-0.2, -0.15) is 0 Å². The van der Waals surface area contributed by atoms with Crippen molar-refractivity contribution in [3.8, 4) is 0 Å². The summed E-state index contributed by atoms with van der Waals surface area (Å²) in [5.74, 6) is 1.61. The summed E-state index contributed by atoms with van der Waals surface area (Å²) in [6, 6.07) is 4.22. The van der Waals surface area contributed by atoms with Crippen LogP contribution in [-0.2, 0) is 4.74 Å². The zero-order valence-electron chi connectivity index (χ0n) is 11.4. The van der Waals surface area contributed by atoms with E-state index in [1.54, 1.807) is 7.11 Å². The molecule has 0 aromatic carbocycles. The molecule has 0 bridgehead atoms. The van der Waals surface area contributed by atoms with Crippen LogP contribution < -0.4 is 10.2 Å². The quantitative estimate of drug-likeness (QED) is 0.840. The molecule has 2 heterocycles. The van der Waals surface area contributed by atoms with E-state index in [2.05, 4.69) is 34.3 Å². The van der Waals surface area contributed by atoms with Crippen molar-refractivity contribution in [2.75, 3.05) is 43.6 Å². The third-order valence-corrected chi connectivity index (χ3v) is 3.28. The largest absolute Gasteiger partial charge is 0.384 e. The first-order valence-electron chi connectivity index (χ1n) is 6.73. The van der Waals surface area contributed by atoms with E-state index in [1.807, 2.05) is 6.20 Å². The lowest BCUT2D eigenvalue weighted by Crippen LogP contribution is -2.19. The molecule has 0 saturated carbocycles. The maximum Gasteiger partial charge on any atom is 0.128 e. The summed E-state index contributed by atoms with van der Waals surface area (Å²) in [6.45, 7) is 6.16. The molecule has 0 spiro atoms. The van der Waals surface area contributed by atoms with E-state index in [0.717, 1.165) is 37.7 Å². The molecule has 1 unspecified atom stereocenters. The van der Waals surface area contributed by atoms with Crippen LogP contribution in [0.3, 0.4) is 0 Å². The predicted molar refractivity (Wildman–Crippen MR) is 75.2 cm³/mol. The minimum Gasteiger partial charge on any atom is -0.384 e. The van der Waals surface area contributed by atoms with Gasteiger partial charge < -0.3 is 15.0 Å². The zero-order chi connectivity index (χ0) is 12.8. The van der Waals surface area contributed by atoms with Crippen LogP contribution in [0, 0.1) is 5.92 Å². The van der Waals surface area contributed by atoms with Gasteiger partial charge in [0.2, 0.25) is 0 Å². The van der Waals surface area contributed by atoms with Gasteiger partial charge in [-0.3, -0.25) is 0 Å². The number of aromatic nitrogens is 1. The van der Waals surface area contributed by atoms with Crippen LogP contribution in [0.1, 0.15) is 19.8 Å². The van der Waals surface area contributed by atoms with Crippen molar-refractivity contribution >= 4 is 11.5 Å². The maximum absolute atomic E-state index is 5.12. The highest BCUT2D eigenvalue weighted by atomic mass is 16.5. The molecular formula is C14H23N3O. The van der Waals surface area contributed by atoms with Crippen LogP contribution in [0.2, 0.25) is 0 Å². The Balaban J connectivity index is 1.83. The van der Waals surface area contributed by atoms with Gasteiger partial charge >= 0.3 is 0 Å². The second kappa shape index (κ2) is 6.59. The molecule has 0 amide bonds. The van der Waals surface area contributed by atoms with Crippen molar-refractivity contribution < 1.29 is 4.74 Å². The molecule has 1 saturated heterocycles. The van der Waals surface area contributed by atoms with Gasteiger partial charge in [0.05, 0.1) is 18.5 Å². The number of anilines is 2. The van der Waals surface area contributed by atoms with Gasteiger partial charge in [0, 0.05) is 26.7 Å². The molecule has 4 nitrogen and oxygen atoms in total. The summed E-state index contributed by atoms with van der Waals surface area (Å²) in [4.78, 5) is 6.86. The van der Waals surface area contributed by atoms with Gasteiger partial charge in [0.15, 0.2) is 0 Å². The predicted octanol–water partition coefficient (Wildman–Crippen LogP) is 2.38. The number of pyridine rings is 1. The highest BCUT2D eigenvalue weighted by Gasteiger charge is 2.12. The van der Waals surface area contributed by atoms with Gasteiger partial charge in [-0.25, -0.2) is 4.98 Å². The lowest BCUT2D eigenvalue weighted by Gasteiger charge is -2.17. The molecule has 1 fully saturated rings. The minimum absolute atomic E-state index is 0.508. The summed E-state index contributed by atoms with van der Waals surface area (Å²) in [5.41, 5.74) is 1.08. The number of hydrogen-bond acceptors (Lipinski definition) is 4. The number of hydrogen-bond donors (Lipinski definition) is 1. The Kier molecular flexibility index (Phi) is 4.81. The van der Waals surface area contributed by atoms with Gasteiger partial charge in [-0.05, 0) is 30.9 Å².